The van der Waals surface area contributed by atoms with Crippen LogP contribution in [-0.4, -0.2) is 41.9 Å². The lowest BCUT2D eigenvalue weighted by molar-refractivity contribution is 0.0695. The molecular formula is C19H22FN3O4. The van der Waals surface area contributed by atoms with Crippen molar-refractivity contribution in [2.75, 3.05) is 25.1 Å². The van der Waals surface area contributed by atoms with Gasteiger partial charge in [0.25, 0.3) is 0 Å². The Bertz CT molecular complexity index is 975. The van der Waals surface area contributed by atoms with Crippen molar-refractivity contribution in [3.63, 3.8) is 0 Å². The third-order valence-corrected chi connectivity index (χ3v) is 5.43. The van der Waals surface area contributed by atoms with Gasteiger partial charge in [-0.2, -0.15) is 0 Å². The van der Waals surface area contributed by atoms with Gasteiger partial charge in [-0.05, 0) is 31.7 Å². The number of aromatic carboxylic acids is 1. The number of ether oxygens (including phenoxy) is 1. The summed E-state index contributed by atoms with van der Waals surface area (Å²) < 4.78 is 22.4. The fourth-order valence-electron chi connectivity index (χ4n) is 3.85. The summed E-state index contributed by atoms with van der Waals surface area (Å²) in [6.45, 7) is 1.20. The summed E-state index contributed by atoms with van der Waals surface area (Å²) in [7, 11) is 1.44. The van der Waals surface area contributed by atoms with Gasteiger partial charge >= 0.3 is 5.97 Å². The Hall–Kier alpha value is -2.61. The van der Waals surface area contributed by atoms with E-state index in [0.29, 0.717) is 24.3 Å². The molecule has 7 nitrogen and oxygen atoms in total. The van der Waals surface area contributed by atoms with Gasteiger partial charge in [0.1, 0.15) is 11.3 Å². The first-order chi connectivity index (χ1) is 12.9. The van der Waals surface area contributed by atoms with E-state index in [1.165, 1.54) is 13.3 Å². The lowest BCUT2D eigenvalue weighted by Crippen LogP contribution is -2.40. The number of pyridine rings is 1. The Labute approximate surface area is 155 Å². The van der Waals surface area contributed by atoms with Crippen LogP contribution in [0, 0.1) is 5.82 Å². The summed E-state index contributed by atoms with van der Waals surface area (Å²) in [6, 6.07) is 1.33. The molecule has 4 rings (SSSR count). The second kappa shape index (κ2) is 6.53. The van der Waals surface area contributed by atoms with Crippen LogP contribution in [0.3, 0.4) is 0 Å². The number of methoxy groups -OCH3 is 1. The number of anilines is 1. The predicted octanol–water partition coefficient (Wildman–Crippen LogP) is 2.11. The number of nitrogens with two attached hydrogens (primary N) is 1. The standard InChI is InChI=1S/C19H22FN3O4/c1-27-18-15-12(8-14(20)16(18)22-6-4-10(21)5-7-22)17(24)13(19(25)26)9-23(15)11-2-3-11/h8-11H,2-7,21H2,1H3,(H,25,26). The van der Waals surface area contributed by atoms with Crippen molar-refractivity contribution in [2.45, 2.75) is 37.8 Å². The minimum atomic E-state index is -1.32. The Balaban J connectivity index is 2.00. The highest BCUT2D eigenvalue weighted by Gasteiger charge is 2.31. The second-order valence-electron chi connectivity index (χ2n) is 7.28. The molecule has 2 aliphatic rings. The van der Waals surface area contributed by atoms with E-state index in [4.69, 9.17) is 10.5 Å². The predicted molar refractivity (Wildman–Crippen MR) is 99.4 cm³/mol. The average Bonchev–Trinajstić information content (AvgIpc) is 3.47. The highest BCUT2D eigenvalue weighted by Crippen LogP contribution is 2.44. The van der Waals surface area contributed by atoms with Gasteiger partial charge in [0, 0.05) is 31.4 Å². The van der Waals surface area contributed by atoms with Crippen molar-refractivity contribution in [1.82, 2.24) is 4.57 Å². The average molecular weight is 375 g/mol. The summed E-state index contributed by atoms with van der Waals surface area (Å²) >= 11 is 0. The number of fused-ring (bicyclic) bond motifs is 1. The van der Waals surface area contributed by atoms with Gasteiger partial charge in [0.2, 0.25) is 5.43 Å². The molecule has 2 fully saturated rings. The zero-order chi connectivity index (χ0) is 19.3. The van der Waals surface area contributed by atoms with Crippen LogP contribution in [0.15, 0.2) is 17.1 Å². The molecule has 1 saturated carbocycles. The molecule has 1 saturated heterocycles. The smallest absolute Gasteiger partial charge is 0.341 e. The van der Waals surface area contributed by atoms with E-state index in [9.17, 15) is 14.7 Å². The molecule has 0 bridgehead atoms. The Morgan fingerprint density at radius 1 is 1.30 bits per heavy atom. The third kappa shape index (κ3) is 2.93. The van der Waals surface area contributed by atoms with Crippen LogP contribution in [0.1, 0.15) is 42.1 Å². The summed E-state index contributed by atoms with van der Waals surface area (Å²) in [6.07, 6.45) is 4.61. The summed E-state index contributed by atoms with van der Waals surface area (Å²) in [4.78, 5) is 26.0. The number of halogens is 1. The number of hydrogen-bond donors (Lipinski definition) is 2. The molecule has 144 valence electrons. The molecule has 8 heteroatoms. The fourth-order valence-corrected chi connectivity index (χ4v) is 3.85. The zero-order valence-electron chi connectivity index (χ0n) is 15.1. The molecule has 2 aromatic rings. The Morgan fingerprint density at radius 2 is 1.96 bits per heavy atom. The largest absolute Gasteiger partial charge is 0.492 e. The van der Waals surface area contributed by atoms with Crippen molar-refractivity contribution < 1.29 is 19.0 Å². The number of carboxylic acids is 1. The first kappa shape index (κ1) is 17.8. The van der Waals surface area contributed by atoms with Crippen LogP contribution in [0.2, 0.25) is 0 Å². The quantitative estimate of drug-likeness (QED) is 0.849. The number of carbonyl (C=O) groups is 1. The number of hydrogen-bond acceptors (Lipinski definition) is 5. The number of piperidine rings is 1. The van der Waals surface area contributed by atoms with Gasteiger partial charge in [0.15, 0.2) is 11.6 Å². The van der Waals surface area contributed by atoms with Crippen LogP contribution >= 0.6 is 0 Å². The highest BCUT2D eigenvalue weighted by atomic mass is 19.1. The van der Waals surface area contributed by atoms with Crippen LogP contribution in [0.4, 0.5) is 10.1 Å². The minimum Gasteiger partial charge on any atom is -0.492 e. The van der Waals surface area contributed by atoms with E-state index in [2.05, 4.69) is 0 Å². The number of aromatic nitrogens is 1. The molecule has 0 unspecified atom stereocenters. The van der Waals surface area contributed by atoms with Crippen molar-refractivity contribution in [3.05, 3.63) is 33.9 Å². The summed E-state index contributed by atoms with van der Waals surface area (Å²) in [5.74, 6) is -1.62. The van der Waals surface area contributed by atoms with Crippen LogP contribution in [-0.2, 0) is 0 Å². The Kier molecular flexibility index (Phi) is 4.30. The van der Waals surface area contributed by atoms with E-state index in [0.717, 1.165) is 31.7 Å². The van der Waals surface area contributed by atoms with Crippen LogP contribution in [0.5, 0.6) is 5.75 Å². The lowest BCUT2D eigenvalue weighted by atomic mass is 10.0. The van der Waals surface area contributed by atoms with Crippen molar-refractivity contribution >= 4 is 22.6 Å². The van der Waals surface area contributed by atoms with Gasteiger partial charge < -0.3 is 25.0 Å². The van der Waals surface area contributed by atoms with E-state index < -0.39 is 17.2 Å². The molecule has 3 N–H and O–H groups in total. The zero-order valence-corrected chi connectivity index (χ0v) is 15.1. The maximum absolute atomic E-state index is 15.1. The third-order valence-electron chi connectivity index (χ3n) is 5.43. The molecule has 2 heterocycles. The summed E-state index contributed by atoms with van der Waals surface area (Å²) in [5.41, 5.74) is 5.68. The molecule has 1 aliphatic carbocycles. The van der Waals surface area contributed by atoms with Crippen molar-refractivity contribution in [1.29, 1.82) is 0 Å². The first-order valence-electron chi connectivity index (χ1n) is 9.11. The van der Waals surface area contributed by atoms with E-state index in [1.54, 1.807) is 4.57 Å². The van der Waals surface area contributed by atoms with E-state index >= 15 is 4.39 Å². The Morgan fingerprint density at radius 3 is 2.52 bits per heavy atom. The van der Waals surface area contributed by atoms with Gasteiger partial charge in [-0.15, -0.1) is 0 Å². The van der Waals surface area contributed by atoms with Crippen molar-refractivity contribution in [3.8, 4) is 5.75 Å². The molecule has 0 amide bonds. The van der Waals surface area contributed by atoms with Crippen molar-refractivity contribution in [2.24, 2.45) is 5.73 Å². The van der Waals surface area contributed by atoms with Gasteiger partial charge in [-0.1, -0.05) is 0 Å². The molecule has 27 heavy (non-hydrogen) atoms. The number of nitrogens with zero attached hydrogens (tertiary/aromatic N) is 2. The normalized spacial score (nSPS) is 18.1. The molecule has 1 aliphatic heterocycles. The van der Waals surface area contributed by atoms with Crippen LogP contribution < -0.4 is 20.8 Å². The SMILES string of the molecule is COc1c(N2CCC(N)CC2)c(F)cc2c(=O)c(C(=O)O)cn(C3CC3)c12. The number of carboxylic acid groups (broad SMARTS) is 1. The maximum atomic E-state index is 15.1. The second-order valence-corrected chi connectivity index (χ2v) is 7.28. The monoisotopic (exact) mass is 375 g/mol. The van der Waals surface area contributed by atoms with Gasteiger partial charge in [-0.25, -0.2) is 9.18 Å². The molecule has 1 aromatic carbocycles. The van der Waals surface area contributed by atoms with Gasteiger partial charge in [0.05, 0.1) is 18.0 Å². The van der Waals surface area contributed by atoms with Gasteiger partial charge in [-0.3, -0.25) is 4.79 Å². The molecule has 0 radical (unpaired) electrons. The topological polar surface area (TPSA) is 97.8 Å². The summed E-state index contributed by atoms with van der Waals surface area (Å²) in [5, 5.41) is 9.41. The fraction of sp³-hybridized carbons (Fsp3) is 0.474. The first-order valence-corrected chi connectivity index (χ1v) is 9.11. The molecular weight excluding hydrogens is 353 g/mol. The van der Waals surface area contributed by atoms with E-state index in [1.807, 2.05) is 4.90 Å². The molecule has 0 atom stereocenters. The maximum Gasteiger partial charge on any atom is 0.341 e. The molecule has 1 aromatic heterocycles. The number of benzene rings is 1. The minimum absolute atomic E-state index is 0.0358. The highest BCUT2D eigenvalue weighted by molar-refractivity contribution is 5.97. The van der Waals surface area contributed by atoms with Crippen LogP contribution in [0.25, 0.3) is 10.9 Å². The number of rotatable bonds is 4. The molecule has 0 spiro atoms. The van der Waals surface area contributed by atoms with E-state index in [-0.39, 0.29) is 28.8 Å². The lowest BCUT2D eigenvalue weighted by Gasteiger charge is -2.33.